The van der Waals surface area contributed by atoms with Gasteiger partial charge in [-0.05, 0) is 40.3 Å². The van der Waals surface area contributed by atoms with Crippen molar-refractivity contribution in [2.75, 3.05) is 14.2 Å². The van der Waals surface area contributed by atoms with E-state index in [0.29, 0.717) is 23.7 Å². The average Bonchev–Trinajstić information content (AvgIpc) is 2.53. The molecule has 1 amide bonds. The highest BCUT2D eigenvalue weighted by Crippen LogP contribution is 2.32. The molecule has 0 unspecified atom stereocenters. The Balaban J connectivity index is 2.26. The van der Waals surface area contributed by atoms with Crippen molar-refractivity contribution in [1.82, 2.24) is 5.32 Å². The molecule has 0 spiro atoms. The number of hydrogen-bond acceptors (Lipinski definition) is 3. The highest BCUT2D eigenvalue weighted by molar-refractivity contribution is 14.1. The van der Waals surface area contributed by atoms with E-state index in [-0.39, 0.29) is 5.91 Å². The molecule has 0 atom stereocenters. The number of rotatable bonds is 5. The second-order valence-electron chi connectivity index (χ2n) is 4.34. The molecule has 0 saturated carbocycles. The van der Waals surface area contributed by atoms with Gasteiger partial charge in [-0.1, -0.05) is 30.3 Å². The Hall–Kier alpha value is -1.76. The number of carbonyl (C=O) groups is 1. The Morgan fingerprint density at radius 2 is 1.90 bits per heavy atom. The first kappa shape index (κ1) is 15.6. The molecule has 21 heavy (non-hydrogen) atoms. The van der Waals surface area contributed by atoms with E-state index < -0.39 is 0 Å². The summed E-state index contributed by atoms with van der Waals surface area (Å²) in [6, 6.07) is 13.4. The lowest BCUT2D eigenvalue weighted by Crippen LogP contribution is -2.19. The van der Waals surface area contributed by atoms with Gasteiger partial charge in [0.1, 0.15) is 6.61 Å². The molecule has 0 fully saturated rings. The van der Waals surface area contributed by atoms with Crippen LogP contribution in [0.25, 0.3) is 0 Å². The Kier molecular flexibility index (Phi) is 5.44. The summed E-state index contributed by atoms with van der Waals surface area (Å²) in [5.41, 5.74) is 1.63. The van der Waals surface area contributed by atoms with Crippen LogP contribution in [0.4, 0.5) is 0 Å². The SMILES string of the molecule is CNC(=O)c1cc(OCc2ccccc2)c(OC)cc1I. The summed E-state index contributed by atoms with van der Waals surface area (Å²) in [7, 11) is 3.19. The Morgan fingerprint density at radius 3 is 2.52 bits per heavy atom. The van der Waals surface area contributed by atoms with Gasteiger partial charge in [-0.2, -0.15) is 0 Å². The zero-order valence-electron chi connectivity index (χ0n) is 11.9. The van der Waals surface area contributed by atoms with E-state index in [9.17, 15) is 4.79 Å². The highest BCUT2D eigenvalue weighted by Gasteiger charge is 2.15. The lowest BCUT2D eigenvalue weighted by molar-refractivity contribution is 0.0961. The second-order valence-corrected chi connectivity index (χ2v) is 5.50. The number of halogens is 1. The summed E-state index contributed by atoms with van der Waals surface area (Å²) in [6.07, 6.45) is 0. The van der Waals surface area contributed by atoms with Crippen LogP contribution in [0.3, 0.4) is 0 Å². The predicted octanol–water partition coefficient (Wildman–Crippen LogP) is 3.24. The maximum atomic E-state index is 11.8. The summed E-state index contributed by atoms with van der Waals surface area (Å²) in [4.78, 5) is 11.8. The third-order valence-corrected chi connectivity index (χ3v) is 3.85. The van der Waals surface area contributed by atoms with Crippen molar-refractivity contribution in [3.8, 4) is 11.5 Å². The summed E-state index contributed by atoms with van der Waals surface area (Å²) in [5.74, 6) is 1.02. The number of methoxy groups -OCH3 is 1. The molecule has 1 N–H and O–H groups in total. The number of benzene rings is 2. The van der Waals surface area contributed by atoms with Gasteiger partial charge in [0.25, 0.3) is 5.91 Å². The largest absolute Gasteiger partial charge is 0.493 e. The summed E-state index contributed by atoms with van der Waals surface area (Å²) < 4.78 is 11.9. The maximum Gasteiger partial charge on any atom is 0.252 e. The van der Waals surface area contributed by atoms with Gasteiger partial charge in [-0.3, -0.25) is 4.79 Å². The van der Waals surface area contributed by atoms with Crippen molar-refractivity contribution in [1.29, 1.82) is 0 Å². The average molecular weight is 397 g/mol. The van der Waals surface area contributed by atoms with Gasteiger partial charge in [0.05, 0.1) is 12.7 Å². The fourth-order valence-electron chi connectivity index (χ4n) is 1.85. The summed E-state index contributed by atoms with van der Waals surface area (Å²) >= 11 is 2.11. The van der Waals surface area contributed by atoms with Crippen molar-refractivity contribution in [3.05, 3.63) is 57.2 Å². The van der Waals surface area contributed by atoms with Gasteiger partial charge in [0.15, 0.2) is 11.5 Å². The molecule has 0 bridgehead atoms. The minimum atomic E-state index is -0.147. The Labute approximate surface area is 137 Å². The van der Waals surface area contributed by atoms with E-state index in [1.54, 1.807) is 26.3 Å². The quantitative estimate of drug-likeness (QED) is 0.789. The molecule has 0 radical (unpaired) electrons. The topological polar surface area (TPSA) is 47.6 Å². The fourth-order valence-corrected chi connectivity index (χ4v) is 2.53. The molecule has 110 valence electrons. The molecule has 0 aliphatic carbocycles. The van der Waals surface area contributed by atoms with Crippen molar-refractivity contribution < 1.29 is 14.3 Å². The van der Waals surface area contributed by atoms with Crippen molar-refractivity contribution in [2.45, 2.75) is 6.61 Å². The third-order valence-electron chi connectivity index (χ3n) is 2.96. The number of nitrogens with one attached hydrogen (secondary N) is 1. The molecule has 0 saturated heterocycles. The Bertz CT molecular complexity index is 629. The molecule has 0 aliphatic rings. The van der Waals surface area contributed by atoms with Gasteiger partial charge in [-0.25, -0.2) is 0 Å². The van der Waals surface area contributed by atoms with Crippen LogP contribution >= 0.6 is 22.6 Å². The third kappa shape index (κ3) is 3.87. The number of hydrogen-bond donors (Lipinski definition) is 1. The molecule has 2 rings (SSSR count). The van der Waals surface area contributed by atoms with E-state index in [1.807, 2.05) is 30.3 Å². The predicted molar refractivity (Wildman–Crippen MR) is 89.9 cm³/mol. The number of carbonyl (C=O) groups excluding carboxylic acids is 1. The molecule has 2 aromatic carbocycles. The normalized spacial score (nSPS) is 10.0. The first-order chi connectivity index (χ1) is 10.2. The smallest absolute Gasteiger partial charge is 0.252 e. The van der Waals surface area contributed by atoms with Crippen LogP contribution in [0.5, 0.6) is 11.5 Å². The monoisotopic (exact) mass is 397 g/mol. The molecule has 5 heteroatoms. The van der Waals surface area contributed by atoms with Crippen LogP contribution in [-0.4, -0.2) is 20.1 Å². The molecular weight excluding hydrogens is 381 g/mol. The minimum absolute atomic E-state index is 0.147. The molecule has 4 nitrogen and oxygen atoms in total. The first-order valence-corrected chi connectivity index (χ1v) is 7.50. The van der Waals surface area contributed by atoms with Crippen LogP contribution in [0, 0.1) is 3.57 Å². The highest BCUT2D eigenvalue weighted by atomic mass is 127. The molecular formula is C16H16INO3. The molecule has 2 aromatic rings. The van der Waals surface area contributed by atoms with Crippen LogP contribution in [0.2, 0.25) is 0 Å². The van der Waals surface area contributed by atoms with Crippen LogP contribution in [0.1, 0.15) is 15.9 Å². The standard InChI is InChI=1S/C16H16INO3/c1-18-16(19)12-8-15(14(20-2)9-13(12)17)21-10-11-6-4-3-5-7-11/h3-9H,10H2,1-2H3,(H,18,19). The molecule has 0 aliphatic heterocycles. The fraction of sp³-hybridized carbons (Fsp3) is 0.188. The van der Waals surface area contributed by atoms with E-state index in [2.05, 4.69) is 27.9 Å². The Morgan fingerprint density at radius 1 is 1.19 bits per heavy atom. The zero-order valence-corrected chi connectivity index (χ0v) is 14.0. The van der Waals surface area contributed by atoms with E-state index in [4.69, 9.17) is 9.47 Å². The van der Waals surface area contributed by atoms with Crippen molar-refractivity contribution >= 4 is 28.5 Å². The zero-order chi connectivity index (χ0) is 15.2. The lowest BCUT2D eigenvalue weighted by Gasteiger charge is -2.13. The molecule has 0 aromatic heterocycles. The van der Waals surface area contributed by atoms with Crippen LogP contribution in [0.15, 0.2) is 42.5 Å². The minimum Gasteiger partial charge on any atom is -0.493 e. The van der Waals surface area contributed by atoms with E-state index >= 15 is 0 Å². The van der Waals surface area contributed by atoms with Gasteiger partial charge < -0.3 is 14.8 Å². The van der Waals surface area contributed by atoms with Crippen LogP contribution in [-0.2, 0) is 6.61 Å². The lowest BCUT2D eigenvalue weighted by atomic mass is 10.2. The maximum absolute atomic E-state index is 11.8. The number of amides is 1. The summed E-state index contributed by atoms with van der Waals surface area (Å²) in [5, 5.41) is 2.62. The van der Waals surface area contributed by atoms with Gasteiger partial charge in [0, 0.05) is 10.6 Å². The number of ether oxygens (including phenoxy) is 2. The van der Waals surface area contributed by atoms with E-state index in [1.165, 1.54) is 0 Å². The van der Waals surface area contributed by atoms with Crippen molar-refractivity contribution in [2.24, 2.45) is 0 Å². The van der Waals surface area contributed by atoms with Crippen LogP contribution < -0.4 is 14.8 Å². The molecule has 0 heterocycles. The van der Waals surface area contributed by atoms with Crippen molar-refractivity contribution in [3.63, 3.8) is 0 Å². The van der Waals surface area contributed by atoms with Gasteiger partial charge in [0.2, 0.25) is 0 Å². The van der Waals surface area contributed by atoms with Gasteiger partial charge in [-0.15, -0.1) is 0 Å². The van der Waals surface area contributed by atoms with Gasteiger partial charge >= 0.3 is 0 Å². The first-order valence-electron chi connectivity index (χ1n) is 6.42. The second kappa shape index (κ2) is 7.31. The van der Waals surface area contributed by atoms with E-state index in [0.717, 1.165) is 9.13 Å². The summed E-state index contributed by atoms with van der Waals surface area (Å²) in [6.45, 7) is 0.422.